The largest absolute Gasteiger partial charge is 0.321 e. The number of aromatic nitrogens is 3. The van der Waals surface area contributed by atoms with Gasteiger partial charge < -0.3 is 9.72 Å². The number of likely N-dealkylation sites (tertiary alicyclic amines) is 1. The molecule has 1 saturated heterocycles. The van der Waals surface area contributed by atoms with E-state index in [-0.39, 0.29) is 5.91 Å². The molecule has 1 unspecified atom stereocenters. The predicted molar refractivity (Wildman–Crippen MR) is 120 cm³/mol. The van der Waals surface area contributed by atoms with Gasteiger partial charge in [0, 0.05) is 28.9 Å². The van der Waals surface area contributed by atoms with Gasteiger partial charge in [0.05, 0.1) is 28.1 Å². The van der Waals surface area contributed by atoms with Crippen LogP contribution >= 0.6 is 11.3 Å². The Bertz CT molecular complexity index is 1210. The van der Waals surface area contributed by atoms with Gasteiger partial charge in [-0.1, -0.05) is 12.1 Å². The fourth-order valence-electron chi connectivity index (χ4n) is 4.02. The van der Waals surface area contributed by atoms with E-state index in [4.69, 9.17) is 4.98 Å². The zero-order valence-electron chi connectivity index (χ0n) is 17.0. The van der Waals surface area contributed by atoms with Gasteiger partial charge in [-0.05, 0) is 57.6 Å². The second-order valence-corrected chi connectivity index (χ2v) is 8.83. The molecule has 1 aliphatic heterocycles. The van der Waals surface area contributed by atoms with Crippen LogP contribution in [0.25, 0.3) is 16.9 Å². The van der Waals surface area contributed by atoms with Crippen LogP contribution in [-0.4, -0.2) is 38.8 Å². The molecule has 7 heteroatoms. The Kier molecular flexibility index (Phi) is 4.84. The summed E-state index contributed by atoms with van der Waals surface area (Å²) in [4.78, 5) is 24.3. The minimum absolute atomic E-state index is 0.133. The van der Waals surface area contributed by atoms with Crippen LogP contribution in [0.1, 0.15) is 39.9 Å². The first-order valence-electron chi connectivity index (χ1n) is 10.1. The third-order valence-corrected chi connectivity index (χ3v) is 6.42. The van der Waals surface area contributed by atoms with Crippen molar-refractivity contribution in [2.24, 2.45) is 0 Å². The smallest absolute Gasteiger partial charge is 0.255 e. The van der Waals surface area contributed by atoms with Gasteiger partial charge >= 0.3 is 0 Å². The lowest BCUT2D eigenvalue weighted by atomic mass is 10.1. The topological polar surface area (TPSA) is 62.5 Å². The molecule has 152 valence electrons. The first-order chi connectivity index (χ1) is 14.6. The number of imidazole rings is 1. The molecule has 30 heavy (non-hydrogen) atoms. The summed E-state index contributed by atoms with van der Waals surface area (Å²) in [6.45, 7) is 3.10. The highest BCUT2D eigenvalue weighted by Gasteiger charge is 2.24. The number of fused-ring (bicyclic) bond motifs is 1. The van der Waals surface area contributed by atoms with Crippen LogP contribution in [-0.2, 0) is 0 Å². The van der Waals surface area contributed by atoms with Gasteiger partial charge in [-0.25, -0.2) is 9.97 Å². The fourth-order valence-corrected chi connectivity index (χ4v) is 4.64. The van der Waals surface area contributed by atoms with Crippen molar-refractivity contribution in [1.29, 1.82) is 0 Å². The number of aryl methyl sites for hydroxylation is 1. The molecule has 1 fully saturated rings. The Labute approximate surface area is 179 Å². The molecule has 4 heterocycles. The number of anilines is 1. The molecule has 1 amide bonds. The Morgan fingerprint density at radius 1 is 1.13 bits per heavy atom. The average Bonchev–Trinajstić information content (AvgIpc) is 3.47. The van der Waals surface area contributed by atoms with Crippen molar-refractivity contribution in [2.75, 3.05) is 18.9 Å². The average molecular weight is 418 g/mol. The summed E-state index contributed by atoms with van der Waals surface area (Å²) in [7, 11) is 2.15. The molecule has 1 aliphatic rings. The minimum Gasteiger partial charge on any atom is -0.321 e. The Hall–Kier alpha value is -3.03. The van der Waals surface area contributed by atoms with Gasteiger partial charge in [0.15, 0.2) is 0 Å². The molecule has 4 aromatic rings. The van der Waals surface area contributed by atoms with Gasteiger partial charge in [0.2, 0.25) is 0 Å². The summed E-state index contributed by atoms with van der Waals surface area (Å²) in [6.07, 6.45) is 6.34. The van der Waals surface area contributed by atoms with Crippen molar-refractivity contribution in [3.8, 4) is 11.3 Å². The van der Waals surface area contributed by atoms with Crippen LogP contribution in [0, 0.1) is 6.92 Å². The number of benzene rings is 1. The van der Waals surface area contributed by atoms with Crippen LogP contribution in [0.5, 0.6) is 0 Å². The standard InChI is InChI=1S/C23H23N5OS/c1-15-24-20(14-30-15)16-5-7-17(8-6-16)23(29)25-18-9-10-22-26-19(13-28(22)12-18)21-4-3-11-27(21)2/h5-10,12-14,21H,3-4,11H2,1-2H3,(H,25,29). The summed E-state index contributed by atoms with van der Waals surface area (Å²) >= 11 is 1.62. The number of carbonyl (C=O) groups is 1. The van der Waals surface area contributed by atoms with Gasteiger partial charge in [0.25, 0.3) is 5.91 Å². The van der Waals surface area contributed by atoms with E-state index < -0.39 is 0 Å². The quantitative estimate of drug-likeness (QED) is 0.519. The monoisotopic (exact) mass is 417 g/mol. The van der Waals surface area contributed by atoms with E-state index in [1.807, 2.05) is 59.3 Å². The Balaban J connectivity index is 1.32. The predicted octanol–water partition coefficient (Wildman–Crippen LogP) is 4.79. The van der Waals surface area contributed by atoms with Crippen LogP contribution < -0.4 is 5.32 Å². The Morgan fingerprint density at radius 2 is 1.97 bits per heavy atom. The normalized spacial score (nSPS) is 16.9. The highest BCUT2D eigenvalue weighted by molar-refractivity contribution is 7.09. The van der Waals surface area contributed by atoms with E-state index in [9.17, 15) is 4.79 Å². The van der Waals surface area contributed by atoms with Crippen LogP contribution in [0.15, 0.2) is 54.2 Å². The Morgan fingerprint density at radius 3 is 2.67 bits per heavy atom. The van der Waals surface area contributed by atoms with Gasteiger partial charge in [-0.2, -0.15) is 0 Å². The molecule has 5 rings (SSSR count). The molecule has 6 nitrogen and oxygen atoms in total. The molecule has 0 radical (unpaired) electrons. The maximum atomic E-state index is 12.7. The number of thiazole rings is 1. The molecule has 1 N–H and O–H groups in total. The lowest BCUT2D eigenvalue weighted by Gasteiger charge is -2.16. The van der Waals surface area contributed by atoms with Gasteiger partial charge in [-0.15, -0.1) is 11.3 Å². The summed E-state index contributed by atoms with van der Waals surface area (Å²) < 4.78 is 1.99. The minimum atomic E-state index is -0.133. The van der Waals surface area contributed by atoms with E-state index in [2.05, 4.69) is 28.4 Å². The van der Waals surface area contributed by atoms with Crippen molar-refractivity contribution in [3.05, 3.63) is 70.4 Å². The van der Waals surface area contributed by atoms with Crippen LogP contribution in [0.2, 0.25) is 0 Å². The number of nitrogens with zero attached hydrogens (tertiary/aromatic N) is 4. The zero-order chi connectivity index (χ0) is 20.7. The van der Waals surface area contributed by atoms with E-state index in [0.29, 0.717) is 11.6 Å². The van der Waals surface area contributed by atoms with E-state index in [0.717, 1.165) is 46.3 Å². The van der Waals surface area contributed by atoms with E-state index in [1.54, 1.807) is 11.3 Å². The SMILES string of the molecule is Cc1nc(-c2ccc(C(=O)Nc3ccc4nc(C5CCCN5C)cn4c3)cc2)cs1. The van der Waals surface area contributed by atoms with Crippen LogP contribution in [0.3, 0.4) is 0 Å². The zero-order valence-corrected chi connectivity index (χ0v) is 17.8. The molecule has 0 spiro atoms. The number of rotatable bonds is 4. The second-order valence-electron chi connectivity index (χ2n) is 7.77. The molecule has 1 aromatic carbocycles. The number of hydrogen-bond acceptors (Lipinski definition) is 5. The number of amides is 1. The first-order valence-corrected chi connectivity index (χ1v) is 11.0. The molecular formula is C23H23N5OS. The third kappa shape index (κ3) is 3.62. The van der Waals surface area contributed by atoms with Crippen molar-refractivity contribution >= 4 is 28.6 Å². The maximum Gasteiger partial charge on any atom is 0.255 e. The number of pyridine rings is 1. The summed E-state index contributed by atoms with van der Waals surface area (Å²) in [5, 5.41) is 6.05. The highest BCUT2D eigenvalue weighted by Crippen LogP contribution is 2.30. The van der Waals surface area contributed by atoms with Crippen molar-refractivity contribution in [2.45, 2.75) is 25.8 Å². The second kappa shape index (κ2) is 7.66. The maximum absolute atomic E-state index is 12.7. The van der Waals surface area contributed by atoms with Crippen molar-refractivity contribution < 1.29 is 4.79 Å². The van der Waals surface area contributed by atoms with Crippen LogP contribution in [0.4, 0.5) is 5.69 Å². The van der Waals surface area contributed by atoms with Gasteiger partial charge in [0.1, 0.15) is 5.65 Å². The highest BCUT2D eigenvalue weighted by atomic mass is 32.1. The third-order valence-electron chi connectivity index (χ3n) is 5.65. The number of nitrogens with one attached hydrogen (secondary N) is 1. The lowest BCUT2D eigenvalue weighted by Crippen LogP contribution is -2.17. The molecule has 3 aromatic heterocycles. The van der Waals surface area contributed by atoms with Gasteiger partial charge in [-0.3, -0.25) is 9.69 Å². The first kappa shape index (κ1) is 19.0. The summed E-state index contributed by atoms with van der Waals surface area (Å²) in [5.74, 6) is -0.133. The van der Waals surface area contributed by atoms with Crippen molar-refractivity contribution in [3.63, 3.8) is 0 Å². The summed E-state index contributed by atoms with van der Waals surface area (Å²) in [5.41, 5.74) is 5.30. The molecule has 0 saturated carbocycles. The molecule has 0 aliphatic carbocycles. The van der Waals surface area contributed by atoms with E-state index >= 15 is 0 Å². The molecule has 0 bridgehead atoms. The van der Waals surface area contributed by atoms with E-state index in [1.165, 1.54) is 6.42 Å². The lowest BCUT2D eigenvalue weighted by molar-refractivity contribution is 0.102. The fraction of sp³-hybridized carbons (Fsp3) is 0.261. The van der Waals surface area contributed by atoms with Crippen molar-refractivity contribution in [1.82, 2.24) is 19.3 Å². The summed E-state index contributed by atoms with van der Waals surface area (Å²) in [6, 6.07) is 11.8. The molecule has 1 atom stereocenters. The number of carbonyl (C=O) groups excluding carboxylic acids is 1. The molecular weight excluding hydrogens is 394 g/mol. The number of hydrogen-bond donors (Lipinski definition) is 1.